The van der Waals surface area contributed by atoms with E-state index in [1.165, 1.54) is 4.57 Å². The smallest absolute Gasteiger partial charge is 0.307 e. The number of aromatic amines is 1. The number of imidazole rings is 1. The first-order chi connectivity index (χ1) is 10.1. The van der Waals surface area contributed by atoms with Gasteiger partial charge in [0.05, 0.1) is 6.54 Å². The monoisotopic (exact) mass is 350 g/mol. The lowest BCUT2D eigenvalue weighted by Gasteiger charge is -2.01. The number of hydrogen-bond donors (Lipinski definition) is 1. The first-order valence-corrected chi connectivity index (χ1v) is 7.54. The third-order valence-corrected chi connectivity index (χ3v) is 3.45. The van der Waals surface area contributed by atoms with Crippen molar-refractivity contribution in [3.8, 4) is 11.8 Å². The van der Waals surface area contributed by atoms with E-state index in [1.807, 2.05) is 12.2 Å². The summed E-state index contributed by atoms with van der Waals surface area (Å²) in [5.41, 5.74) is -0.202. The van der Waals surface area contributed by atoms with Gasteiger partial charge in [-0.2, -0.15) is 0 Å². The highest BCUT2D eigenvalue weighted by molar-refractivity contribution is 9.09. The molecule has 1 N–H and O–H groups in total. The van der Waals surface area contributed by atoms with Crippen LogP contribution in [0.3, 0.4) is 0 Å². The highest BCUT2D eigenvalue weighted by Gasteiger charge is 2.14. The number of aryl methyl sites for hydroxylation is 1. The molecule has 2 aromatic heterocycles. The molecule has 0 radical (unpaired) electrons. The summed E-state index contributed by atoms with van der Waals surface area (Å²) in [6, 6.07) is 0. The summed E-state index contributed by atoms with van der Waals surface area (Å²) in [7, 11) is 1.58. The standard InChI is InChI=1S/C14H15BrN4O2/c1-3-4-9-19-10(7-5-6-8-15)16-12-11(19)13(20)17-14(21)18(12)2/h5,7H,6,8-9H2,1-2H3,(H,17,20,21). The molecule has 0 bridgehead atoms. The van der Waals surface area contributed by atoms with Crippen LogP contribution in [0.15, 0.2) is 15.7 Å². The normalized spacial score (nSPS) is 11.0. The number of H-pyrrole nitrogens is 1. The maximum atomic E-state index is 12.1. The number of nitrogens with one attached hydrogen (secondary N) is 1. The third-order valence-electron chi connectivity index (χ3n) is 2.99. The predicted octanol–water partition coefficient (Wildman–Crippen LogP) is 1.24. The van der Waals surface area contributed by atoms with Gasteiger partial charge in [0.15, 0.2) is 11.2 Å². The van der Waals surface area contributed by atoms with Gasteiger partial charge in [0.2, 0.25) is 0 Å². The Morgan fingerprint density at radius 3 is 2.86 bits per heavy atom. The van der Waals surface area contributed by atoms with Gasteiger partial charge in [-0.25, -0.2) is 9.78 Å². The van der Waals surface area contributed by atoms with Crippen LogP contribution in [-0.4, -0.2) is 24.4 Å². The fraction of sp³-hybridized carbons (Fsp3) is 0.357. The Labute approximate surface area is 129 Å². The lowest BCUT2D eigenvalue weighted by molar-refractivity contribution is 0.821. The van der Waals surface area contributed by atoms with Gasteiger partial charge < -0.3 is 4.57 Å². The molecule has 0 saturated heterocycles. The number of hydrogen-bond acceptors (Lipinski definition) is 3. The number of alkyl halides is 1. The zero-order chi connectivity index (χ0) is 15.4. The summed E-state index contributed by atoms with van der Waals surface area (Å²) < 4.78 is 3.04. The number of rotatable bonds is 4. The minimum Gasteiger partial charge on any atom is -0.307 e. The second-order valence-corrected chi connectivity index (χ2v) is 5.15. The van der Waals surface area contributed by atoms with Gasteiger partial charge in [0, 0.05) is 12.4 Å². The van der Waals surface area contributed by atoms with Crippen LogP contribution in [0.1, 0.15) is 19.2 Å². The second-order valence-electron chi connectivity index (χ2n) is 4.35. The topological polar surface area (TPSA) is 72.7 Å². The first-order valence-electron chi connectivity index (χ1n) is 6.41. The molecule has 0 spiro atoms. The highest BCUT2D eigenvalue weighted by Crippen LogP contribution is 2.12. The van der Waals surface area contributed by atoms with Gasteiger partial charge in [-0.3, -0.25) is 14.3 Å². The van der Waals surface area contributed by atoms with Gasteiger partial charge in [-0.15, -0.1) is 5.92 Å². The van der Waals surface area contributed by atoms with Crippen LogP contribution in [0.5, 0.6) is 0 Å². The van der Waals surface area contributed by atoms with E-state index >= 15 is 0 Å². The predicted molar refractivity (Wildman–Crippen MR) is 86.5 cm³/mol. The molecule has 2 heterocycles. The van der Waals surface area contributed by atoms with Crippen LogP contribution in [0.4, 0.5) is 0 Å². The van der Waals surface area contributed by atoms with Gasteiger partial charge in [0.1, 0.15) is 5.82 Å². The average molecular weight is 351 g/mol. The lowest BCUT2D eigenvalue weighted by Crippen LogP contribution is -2.29. The molecule has 0 aliphatic rings. The van der Waals surface area contributed by atoms with E-state index in [0.29, 0.717) is 23.5 Å². The number of aromatic nitrogens is 4. The van der Waals surface area contributed by atoms with Gasteiger partial charge in [-0.05, 0) is 19.4 Å². The van der Waals surface area contributed by atoms with E-state index in [4.69, 9.17) is 0 Å². The molecule has 0 unspecified atom stereocenters. The molecule has 21 heavy (non-hydrogen) atoms. The molecule has 0 saturated carbocycles. The largest absolute Gasteiger partial charge is 0.329 e. The fourth-order valence-electron chi connectivity index (χ4n) is 1.95. The zero-order valence-electron chi connectivity index (χ0n) is 11.8. The fourth-order valence-corrected chi connectivity index (χ4v) is 2.21. The van der Waals surface area contributed by atoms with Crippen molar-refractivity contribution in [1.82, 2.24) is 19.1 Å². The van der Waals surface area contributed by atoms with E-state index in [9.17, 15) is 9.59 Å². The summed E-state index contributed by atoms with van der Waals surface area (Å²) in [5, 5.41) is 0.845. The van der Waals surface area contributed by atoms with E-state index in [1.54, 1.807) is 18.5 Å². The van der Waals surface area contributed by atoms with Crippen molar-refractivity contribution in [2.45, 2.75) is 19.9 Å². The van der Waals surface area contributed by atoms with Crippen LogP contribution in [0.2, 0.25) is 0 Å². The zero-order valence-corrected chi connectivity index (χ0v) is 13.4. The van der Waals surface area contributed by atoms with Crippen LogP contribution in [0.25, 0.3) is 17.2 Å². The number of halogens is 1. The summed E-state index contributed by atoms with van der Waals surface area (Å²) >= 11 is 3.35. The first kappa shape index (κ1) is 15.3. The van der Waals surface area contributed by atoms with Crippen molar-refractivity contribution in [1.29, 1.82) is 0 Å². The molecular weight excluding hydrogens is 336 g/mol. The Morgan fingerprint density at radius 1 is 1.43 bits per heavy atom. The molecule has 0 fully saturated rings. The van der Waals surface area contributed by atoms with E-state index in [-0.39, 0.29) is 0 Å². The summed E-state index contributed by atoms with van der Waals surface area (Å²) in [4.78, 5) is 30.4. The molecule has 0 atom stereocenters. The number of nitrogens with zero attached hydrogens (tertiary/aromatic N) is 3. The lowest BCUT2D eigenvalue weighted by atomic mass is 10.4. The summed E-state index contributed by atoms with van der Waals surface area (Å²) in [5.74, 6) is 6.34. The Bertz CT molecular complexity index is 861. The molecule has 0 aliphatic carbocycles. The van der Waals surface area contributed by atoms with E-state index < -0.39 is 11.2 Å². The van der Waals surface area contributed by atoms with E-state index in [0.717, 1.165) is 11.8 Å². The molecule has 0 amide bonds. The third kappa shape index (κ3) is 3.00. The SMILES string of the molecule is CC#CCn1c(C=CCCBr)nc2c1c(=O)[nH]c(=O)n2C. The Morgan fingerprint density at radius 2 is 2.19 bits per heavy atom. The molecule has 0 aliphatic heterocycles. The average Bonchev–Trinajstić information content (AvgIpc) is 2.82. The van der Waals surface area contributed by atoms with Crippen LogP contribution >= 0.6 is 15.9 Å². The van der Waals surface area contributed by atoms with Gasteiger partial charge >= 0.3 is 5.69 Å². The Kier molecular flexibility index (Phi) is 4.81. The van der Waals surface area contributed by atoms with Crippen molar-refractivity contribution in [3.63, 3.8) is 0 Å². The number of allylic oxidation sites excluding steroid dienone is 1. The second kappa shape index (κ2) is 6.59. The maximum Gasteiger partial charge on any atom is 0.329 e. The van der Waals surface area contributed by atoms with Gasteiger partial charge in [0.25, 0.3) is 5.56 Å². The van der Waals surface area contributed by atoms with Crippen molar-refractivity contribution < 1.29 is 0 Å². The van der Waals surface area contributed by atoms with Crippen LogP contribution < -0.4 is 11.2 Å². The minimum absolute atomic E-state index is 0.349. The summed E-state index contributed by atoms with van der Waals surface area (Å²) in [6.07, 6.45) is 4.64. The molecule has 2 aromatic rings. The molecule has 6 nitrogen and oxygen atoms in total. The van der Waals surface area contributed by atoms with E-state index in [2.05, 4.69) is 37.7 Å². The molecule has 7 heteroatoms. The summed E-state index contributed by atoms with van der Waals surface area (Å²) in [6.45, 7) is 2.09. The minimum atomic E-state index is -0.477. The quantitative estimate of drug-likeness (QED) is 0.666. The number of fused-ring (bicyclic) bond motifs is 1. The van der Waals surface area contributed by atoms with Crippen LogP contribution in [0, 0.1) is 11.8 Å². The van der Waals surface area contributed by atoms with Gasteiger partial charge in [-0.1, -0.05) is 27.9 Å². The Balaban J connectivity index is 2.74. The van der Waals surface area contributed by atoms with Crippen molar-refractivity contribution in [3.05, 3.63) is 32.7 Å². The molecular formula is C14H15BrN4O2. The maximum absolute atomic E-state index is 12.1. The molecule has 0 aromatic carbocycles. The van der Waals surface area contributed by atoms with Crippen molar-refractivity contribution in [2.24, 2.45) is 7.05 Å². The van der Waals surface area contributed by atoms with Crippen LogP contribution in [-0.2, 0) is 13.6 Å². The van der Waals surface area contributed by atoms with Crippen molar-refractivity contribution in [2.75, 3.05) is 5.33 Å². The van der Waals surface area contributed by atoms with Crippen molar-refractivity contribution >= 4 is 33.2 Å². The molecule has 2 rings (SSSR count). The Hall–Kier alpha value is -2.07. The highest BCUT2D eigenvalue weighted by atomic mass is 79.9. The molecule has 110 valence electrons.